The molecule has 0 bridgehead atoms. The number of allylic oxidation sites excluding steroid dienone is 1. The molecule has 1 aromatic carbocycles. The minimum atomic E-state index is 0.164. The molecule has 2 aliphatic rings. The van der Waals surface area contributed by atoms with Gasteiger partial charge in [-0.3, -0.25) is 0 Å². The molecular formula is C22H32N2. The maximum absolute atomic E-state index is 2.47. The third-order valence-corrected chi connectivity index (χ3v) is 6.20. The van der Waals surface area contributed by atoms with Crippen LogP contribution in [-0.4, -0.2) is 18.1 Å². The van der Waals surface area contributed by atoms with Crippen molar-refractivity contribution in [1.29, 1.82) is 0 Å². The molecule has 0 fully saturated rings. The van der Waals surface area contributed by atoms with E-state index < -0.39 is 0 Å². The first-order chi connectivity index (χ1) is 11.6. The molecular weight excluding hydrogens is 292 g/mol. The number of likely N-dealkylation sites (N-methyl/N-ethyl adjacent to an activating group) is 1. The van der Waals surface area contributed by atoms with Crippen LogP contribution in [0, 0.1) is 0 Å². The molecule has 0 aliphatic carbocycles. The Bertz CT molecular complexity index is 652. The van der Waals surface area contributed by atoms with Gasteiger partial charge in [0.15, 0.2) is 0 Å². The Morgan fingerprint density at radius 3 is 2.50 bits per heavy atom. The molecule has 0 radical (unpaired) electrons. The Hall–Kier alpha value is -1.70. The molecule has 0 amide bonds. The molecule has 0 saturated heterocycles. The zero-order chi connectivity index (χ0) is 17.3. The predicted octanol–water partition coefficient (Wildman–Crippen LogP) is 5.60. The molecule has 0 aromatic heterocycles. The summed E-state index contributed by atoms with van der Waals surface area (Å²) in [6, 6.07) is 7.24. The van der Waals surface area contributed by atoms with Crippen molar-refractivity contribution >= 4 is 5.69 Å². The van der Waals surface area contributed by atoms with E-state index in [1.807, 2.05) is 0 Å². The third-order valence-electron chi connectivity index (χ3n) is 6.20. The van der Waals surface area contributed by atoms with E-state index in [1.165, 1.54) is 41.6 Å². The first-order valence-corrected chi connectivity index (χ1v) is 9.58. The number of anilines is 1. The van der Waals surface area contributed by atoms with Gasteiger partial charge < -0.3 is 9.80 Å². The second-order valence-corrected chi connectivity index (χ2v) is 7.38. The fourth-order valence-corrected chi connectivity index (χ4v) is 4.49. The van der Waals surface area contributed by atoms with Crippen LogP contribution in [0.25, 0.3) is 0 Å². The van der Waals surface area contributed by atoms with Crippen molar-refractivity contribution in [2.75, 3.05) is 11.9 Å². The molecule has 2 heterocycles. The Kier molecular flexibility index (Phi) is 4.76. The van der Waals surface area contributed by atoms with E-state index in [1.54, 1.807) is 0 Å². The van der Waals surface area contributed by atoms with Gasteiger partial charge in [0.1, 0.15) is 6.17 Å². The van der Waals surface area contributed by atoms with Crippen molar-refractivity contribution < 1.29 is 0 Å². The van der Waals surface area contributed by atoms with Crippen molar-refractivity contribution in [3.63, 3.8) is 0 Å². The molecule has 1 atom stereocenters. The Morgan fingerprint density at radius 2 is 1.83 bits per heavy atom. The van der Waals surface area contributed by atoms with Crippen LogP contribution < -0.4 is 4.90 Å². The fraction of sp³-hybridized carbons (Fsp3) is 0.545. The maximum atomic E-state index is 2.47. The highest BCUT2D eigenvalue weighted by Crippen LogP contribution is 2.47. The van der Waals surface area contributed by atoms with Crippen LogP contribution in [0.2, 0.25) is 0 Å². The quantitative estimate of drug-likeness (QED) is 0.651. The summed E-state index contributed by atoms with van der Waals surface area (Å²) in [4.78, 5) is 4.77. The molecule has 2 nitrogen and oxygen atoms in total. The fourth-order valence-electron chi connectivity index (χ4n) is 4.49. The van der Waals surface area contributed by atoms with E-state index in [0.29, 0.717) is 6.17 Å². The average Bonchev–Trinajstić information content (AvgIpc) is 2.91. The summed E-state index contributed by atoms with van der Waals surface area (Å²) in [6.07, 6.45) is 13.2. The molecule has 2 heteroatoms. The van der Waals surface area contributed by atoms with Crippen molar-refractivity contribution in [3.8, 4) is 0 Å². The first kappa shape index (κ1) is 17.1. The molecule has 24 heavy (non-hydrogen) atoms. The van der Waals surface area contributed by atoms with Gasteiger partial charge in [0.2, 0.25) is 0 Å². The summed E-state index contributed by atoms with van der Waals surface area (Å²) in [5.74, 6) is 0. The van der Waals surface area contributed by atoms with Gasteiger partial charge in [0.05, 0.1) is 0 Å². The molecule has 1 unspecified atom stereocenters. The number of rotatable bonds is 5. The summed E-state index contributed by atoms with van der Waals surface area (Å²) in [6.45, 7) is 9.28. The van der Waals surface area contributed by atoms with Crippen LogP contribution in [-0.2, 0) is 11.8 Å². The Morgan fingerprint density at radius 1 is 1.08 bits per heavy atom. The number of benzene rings is 1. The van der Waals surface area contributed by atoms with Crippen LogP contribution in [0.3, 0.4) is 0 Å². The lowest BCUT2D eigenvalue weighted by Crippen LogP contribution is -2.34. The highest BCUT2D eigenvalue weighted by molar-refractivity contribution is 5.66. The van der Waals surface area contributed by atoms with Crippen LogP contribution >= 0.6 is 0 Å². The molecule has 2 aliphatic heterocycles. The summed E-state index contributed by atoms with van der Waals surface area (Å²) in [7, 11) is 2.18. The SMILES string of the molecule is CCCCc1ccc2c(c1)N1C=CN(C)C1C=C(C)C2(CC)CC. The van der Waals surface area contributed by atoms with E-state index in [4.69, 9.17) is 0 Å². The van der Waals surface area contributed by atoms with Crippen molar-refractivity contribution in [3.05, 3.63) is 53.4 Å². The number of hydrogen-bond donors (Lipinski definition) is 0. The maximum Gasteiger partial charge on any atom is 0.125 e. The minimum absolute atomic E-state index is 0.164. The van der Waals surface area contributed by atoms with Crippen LogP contribution in [0.15, 0.2) is 42.2 Å². The van der Waals surface area contributed by atoms with Crippen LogP contribution in [0.1, 0.15) is 64.5 Å². The third kappa shape index (κ3) is 2.56. The van der Waals surface area contributed by atoms with Gasteiger partial charge >= 0.3 is 0 Å². The normalized spacial score (nSPS) is 21.4. The molecule has 0 saturated carbocycles. The molecule has 1 aromatic rings. The zero-order valence-corrected chi connectivity index (χ0v) is 16.0. The zero-order valence-electron chi connectivity index (χ0n) is 16.0. The van der Waals surface area contributed by atoms with Gasteiger partial charge in [-0.1, -0.05) is 44.9 Å². The van der Waals surface area contributed by atoms with Crippen molar-refractivity contribution in [2.24, 2.45) is 0 Å². The Labute approximate surface area is 147 Å². The molecule has 0 N–H and O–H groups in total. The lowest BCUT2D eigenvalue weighted by Gasteiger charge is -2.35. The number of nitrogens with zero attached hydrogens (tertiary/aromatic N) is 2. The summed E-state index contributed by atoms with van der Waals surface area (Å²) < 4.78 is 0. The highest BCUT2D eigenvalue weighted by Gasteiger charge is 2.39. The van der Waals surface area contributed by atoms with Gasteiger partial charge in [0, 0.05) is 30.5 Å². The van der Waals surface area contributed by atoms with Gasteiger partial charge in [-0.15, -0.1) is 0 Å². The second kappa shape index (κ2) is 6.66. The first-order valence-electron chi connectivity index (χ1n) is 9.58. The Balaban J connectivity index is 2.17. The summed E-state index contributed by atoms with van der Waals surface area (Å²) in [5, 5.41) is 0. The number of fused-ring (bicyclic) bond motifs is 3. The number of hydrogen-bond acceptors (Lipinski definition) is 2. The van der Waals surface area contributed by atoms with E-state index in [2.05, 4.69) is 81.2 Å². The number of unbranched alkanes of at least 4 members (excludes halogenated alkanes) is 1. The standard InChI is InChI=1S/C22H32N2/c1-6-9-10-18-11-12-19-20(16-18)24-14-13-23(5)21(24)15-17(4)22(19,7-2)8-3/h11-16,21H,6-10H2,1-5H3. The predicted molar refractivity (Wildman–Crippen MR) is 104 cm³/mol. The van der Waals surface area contributed by atoms with E-state index >= 15 is 0 Å². The minimum Gasteiger partial charge on any atom is -0.356 e. The molecule has 3 rings (SSSR count). The van der Waals surface area contributed by atoms with Crippen LogP contribution in [0.4, 0.5) is 5.69 Å². The van der Waals surface area contributed by atoms with Gasteiger partial charge in [0.25, 0.3) is 0 Å². The largest absolute Gasteiger partial charge is 0.356 e. The van der Waals surface area contributed by atoms with Gasteiger partial charge in [-0.2, -0.15) is 0 Å². The van der Waals surface area contributed by atoms with Crippen LogP contribution in [0.5, 0.6) is 0 Å². The lowest BCUT2D eigenvalue weighted by molar-refractivity contribution is 0.412. The van der Waals surface area contributed by atoms with E-state index in [0.717, 1.165) is 12.8 Å². The highest BCUT2D eigenvalue weighted by atomic mass is 15.4. The van der Waals surface area contributed by atoms with Gasteiger partial charge in [-0.25, -0.2) is 0 Å². The van der Waals surface area contributed by atoms with Gasteiger partial charge in [-0.05, 0) is 55.9 Å². The smallest absolute Gasteiger partial charge is 0.125 e. The summed E-state index contributed by atoms with van der Waals surface area (Å²) in [5.41, 5.74) is 6.06. The van der Waals surface area contributed by atoms with E-state index in [9.17, 15) is 0 Å². The van der Waals surface area contributed by atoms with Crippen molar-refractivity contribution in [2.45, 2.75) is 71.4 Å². The number of aryl methyl sites for hydroxylation is 1. The summed E-state index contributed by atoms with van der Waals surface area (Å²) >= 11 is 0. The van der Waals surface area contributed by atoms with Crippen molar-refractivity contribution in [1.82, 2.24) is 4.90 Å². The molecule has 0 spiro atoms. The lowest BCUT2D eigenvalue weighted by atomic mass is 9.70. The van der Waals surface area contributed by atoms with E-state index in [-0.39, 0.29) is 5.41 Å². The average molecular weight is 325 g/mol. The topological polar surface area (TPSA) is 6.48 Å². The monoisotopic (exact) mass is 324 g/mol. The molecule has 130 valence electrons. The second-order valence-electron chi connectivity index (χ2n) is 7.38.